The molecule has 1 saturated heterocycles. The normalized spacial score (nSPS) is 15.3. The number of rotatable bonds is 6. The number of halogens is 1. The van der Waals surface area contributed by atoms with Gasteiger partial charge in [-0.05, 0) is 17.7 Å². The second kappa shape index (κ2) is 10.6. The minimum absolute atomic E-state index is 0. The summed E-state index contributed by atoms with van der Waals surface area (Å²) >= 11 is 0. The molecule has 1 aromatic rings. The fourth-order valence-electron chi connectivity index (χ4n) is 2.03. The second-order valence-electron chi connectivity index (χ2n) is 4.74. The smallest absolute Gasteiger partial charge is 0.191 e. The predicted molar refractivity (Wildman–Crippen MR) is 96.9 cm³/mol. The van der Waals surface area contributed by atoms with Gasteiger partial charge in [-0.1, -0.05) is 12.1 Å². The minimum atomic E-state index is 0. The quantitative estimate of drug-likeness (QED) is 0.326. The monoisotopic (exact) mass is 421 g/mol. The van der Waals surface area contributed by atoms with Crippen LogP contribution < -0.4 is 10.5 Å². The molecule has 0 spiro atoms. The molecular weight excluding hydrogens is 397 g/mol. The maximum Gasteiger partial charge on any atom is 0.191 e. The highest BCUT2D eigenvalue weighted by Gasteiger charge is 2.11. The van der Waals surface area contributed by atoms with Gasteiger partial charge >= 0.3 is 0 Å². The van der Waals surface area contributed by atoms with E-state index < -0.39 is 0 Å². The van der Waals surface area contributed by atoms with E-state index in [4.69, 9.17) is 19.9 Å². The van der Waals surface area contributed by atoms with E-state index in [9.17, 15) is 0 Å². The first-order chi connectivity index (χ1) is 10.3. The van der Waals surface area contributed by atoms with Gasteiger partial charge in [0, 0.05) is 13.1 Å². The molecule has 7 heteroatoms. The molecule has 22 heavy (non-hydrogen) atoms. The Balaban J connectivity index is 0.00000242. The van der Waals surface area contributed by atoms with Gasteiger partial charge in [-0.2, -0.15) is 0 Å². The Bertz CT molecular complexity index is 448. The van der Waals surface area contributed by atoms with Crippen molar-refractivity contribution in [3.05, 3.63) is 29.8 Å². The topological polar surface area (TPSA) is 69.3 Å². The molecule has 6 nitrogen and oxygen atoms in total. The van der Waals surface area contributed by atoms with Gasteiger partial charge in [0.15, 0.2) is 5.96 Å². The highest BCUT2D eigenvalue weighted by molar-refractivity contribution is 14.0. The lowest BCUT2D eigenvalue weighted by atomic mass is 10.2. The highest BCUT2D eigenvalue weighted by atomic mass is 127. The number of ether oxygens (including phenoxy) is 3. The number of hydrogen-bond donors (Lipinski definition) is 1. The summed E-state index contributed by atoms with van der Waals surface area (Å²) in [5.41, 5.74) is 7.04. The molecule has 1 fully saturated rings. The van der Waals surface area contributed by atoms with E-state index in [0.717, 1.165) is 24.4 Å². The van der Waals surface area contributed by atoms with E-state index in [-0.39, 0.29) is 24.0 Å². The molecule has 1 aromatic carbocycles. The summed E-state index contributed by atoms with van der Waals surface area (Å²) in [5, 5.41) is 0. The highest BCUT2D eigenvalue weighted by Crippen LogP contribution is 2.11. The average molecular weight is 421 g/mol. The molecule has 2 N–H and O–H groups in total. The Morgan fingerprint density at radius 3 is 2.59 bits per heavy atom. The molecule has 1 aliphatic heterocycles. The summed E-state index contributed by atoms with van der Waals surface area (Å²) in [4.78, 5) is 6.36. The summed E-state index contributed by atoms with van der Waals surface area (Å²) < 4.78 is 16.0. The van der Waals surface area contributed by atoms with Crippen LogP contribution in [0.3, 0.4) is 0 Å². The van der Waals surface area contributed by atoms with E-state index in [0.29, 0.717) is 38.9 Å². The van der Waals surface area contributed by atoms with Crippen molar-refractivity contribution in [3.8, 4) is 5.75 Å². The molecule has 0 amide bonds. The van der Waals surface area contributed by atoms with Crippen LogP contribution in [0.2, 0.25) is 0 Å². The molecule has 0 saturated carbocycles. The van der Waals surface area contributed by atoms with Crippen molar-refractivity contribution in [2.45, 2.75) is 6.61 Å². The Kier molecular flexibility index (Phi) is 9.17. The number of benzene rings is 1. The maximum atomic E-state index is 5.92. The summed E-state index contributed by atoms with van der Waals surface area (Å²) in [6, 6.07) is 7.83. The first kappa shape index (κ1) is 19.0. The fraction of sp³-hybridized carbons (Fsp3) is 0.533. The van der Waals surface area contributed by atoms with Crippen LogP contribution in [0, 0.1) is 0 Å². The minimum Gasteiger partial charge on any atom is -0.497 e. The van der Waals surface area contributed by atoms with E-state index in [1.807, 2.05) is 29.2 Å². The van der Waals surface area contributed by atoms with Gasteiger partial charge in [-0.25, -0.2) is 0 Å². The van der Waals surface area contributed by atoms with Crippen LogP contribution in [-0.2, 0) is 16.1 Å². The first-order valence-electron chi connectivity index (χ1n) is 7.13. The van der Waals surface area contributed by atoms with Gasteiger partial charge in [-0.15, -0.1) is 24.0 Å². The van der Waals surface area contributed by atoms with Gasteiger partial charge in [0.25, 0.3) is 0 Å². The van der Waals surface area contributed by atoms with Crippen molar-refractivity contribution in [1.82, 2.24) is 4.90 Å². The molecule has 124 valence electrons. The van der Waals surface area contributed by atoms with E-state index in [2.05, 4.69) is 4.99 Å². The standard InChI is InChI=1S/C15H23N3O3.HI/c1-19-14-4-2-13(3-5-14)12-21-9-6-17-15(16)18-7-10-20-11-8-18;/h2-5H,6-12H2,1H3,(H2,16,17);1H. The van der Waals surface area contributed by atoms with Crippen molar-refractivity contribution in [2.24, 2.45) is 10.7 Å². The van der Waals surface area contributed by atoms with E-state index in [1.54, 1.807) is 7.11 Å². The van der Waals surface area contributed by atoms with Gasteiger partial charge in [0.2, 0.25) is 0 Å². The first-order valence-corrected chi connectivity index (χ1v) is 7.13. The van der Waals surface area contributed by atoms with Crippen LogP contribution in [0.25, 0.3) is 0 Å². The SMILES string of the molecule is COc1ccc(COCCN=C(N)N2CCOCC2)cc1.I. The lowest BCUT2D eigenvalue weighted by Crippen LogP contribution is -2.44. The number of methoxy groups -OCH3 is 1. The van der Waals surface area contributed by atoms with Gasteiger partial charge in [-0.3, -0.25) is 4.99 Å². The van der Waals surface area contributed by atoms with Gasteiger partial charge in [0.05, 0.1) is 40.1 Å². The number of morpholine rings is 1. The van der Waals surface area contributed by atoms with Crippen LogP contribution in [0.4, 0.5) is 0 Å². The Hall–Kier alpha value is -1.06. The van der Waals surface area contributed by atoms with Gasteiger partial charge in [0.1, 0.15) is 5.75 Å². The van der Waals surface area contributed by atoms with Crippen LogP contribution >= 0.6 is 24.0 Å². The molecule has 1 heterocycles. The molecule has 0 unspecified atom stereocenters. The van der Waals surface area contributed by atoms with Crippen molar-refractivity contribution in [2.75, 3.05) is 46.6 Å². The molecule has 0 bridgehead atoms. The predicted octanol–water partition coefficient (Wildman–Crippen LogP) is 1.48. The van der Waals surface area contributed by atoms with Crippen molar-refractivity contribution >= 4 is 29.9 Å². The third kappa shape index (κ3) is 6.37. The summed E-state index contributed by atoms with van der Waals surface area (Å²) in [5.74, 6) is 1.42. The van der Waals surface area contributed by atoms with E-state index in [1.165, 1.54) is 0 Å². The molecule has 0 aliphatic carbocycles. The van der Waals surface area contributed by atoms with Crippen molar-refractivity contribution in [3.63, 3.8) is 0 Å². The number of aliphatic imine (C=N–C) groups is 1. The zero-order valence-electron chi connectivity index (χ0n) is 12.9. The van der Waals surface area contributed by atoms with Crippen LogP contribution in [0.15, 0.2) is 29.3 Å². The Morgan fingerprint density at radius 1 is 1.27 bits per heavy atom. The molecule has 0 aromatic heterocycles. The third-order valence-electron chi connectivity index (χ3n) is 3.27. The summed E-state index contributed by atoms with van der Waals surface area (Å²) in [6.45, 7) is 4.73. The molecular formula is C15H24IN3O3. The third-order valence-corrected chi connectivity index (χ3v) is 3.27. The average Bonchev–Trinajstić information content (AvgIpc) is 2.55. The fourth-order valence-corrected chi connectivity index (χ4v) is 2.03. The second-order valence-corrected chi connectivity index (χ2v) is 4.74. The summed E-state index contributed by atoms with van der Waals surface area (Å²) in [7, 11) is 1.66. The van der Waals surface area contributed by atoms with E-state index >= 15 is 0 Å². The number of hydrogen-bond acceptors (Lipinski definition) is 4. The largest absolute Gasteiger partial charge is 0.497 e. The van der Waals surface area contributed by atoms with Gasteiger partial charge < -0.3 is 24.8 Å². The molecule has 2 rings (SSSR count). The summed E-state index contributed by atoms with van der Waals surface area (Å²) in [6.07, 6.45) is 0. The molecule has 0 radical (unpaired) electrons. The maximum absolute atomic E-state index is 5.92. The molecule has 1 aliphatic rings. The van der Waals surface area contributed by atoms with Crippen molar-refractivity contribution in [1.29, 1.82) is 0 Å². The number of nitrogens with two attached hydrogens (primary N) is 1. The van der Waals surface area contributed by atoms with Crippen LogP contribution in [0.5, 0.6) is 5.75 Å². The molecule has 0 atom stereocenters. The number of guanidine groups is 1. The lowest BCUT2D eigenvalue weighted by Gasteiger charge is -2.27. The zero-order chi connectivity index (χ0) is 14.9. The van der Waals surface area contributed by atoms with Crippen molar-refractivity contribution < 1.29 is 14.2 Å². The Labute approximate surface area is 148 Å². The van der Waals surface area contributed by atoms with Crippen LogP contribution in [-0.4, -0.2) is 57.4 Å². The lowest BCUT2D eigenvalue weighted by molar-refractivity contribution is 0.0672. The number of nitrogens with zero attached hydrogens (tertiary/aromatic N) is 2. The zero-order valence-corrected chi connectivity index (χ0v) is 15.2. The van der Waals surface area contributed by atoms with Crippen LogP contribution in [0.1, 0.15) is 5.56 Å². The Morgan fingerprint density at radius 2 is 1.95 bits per heavy atom.